The van der Waals surface area contributed by atoms with Crippen LogP contribution in [-0.4, -0.2) is 29.3 Å². The Kier molecular flexibility index (Phi) is 12.4. The Bertz CT molecular complexity index is 80.3. The summed E-state index contributed by atoms with van der Waals surface area (Å²) >= 11 is 0. The van der Waals surface area contributed by atoms with Crippen LogP contribution in [0, 0.1) is 0 Å². The smallest absolute Gasteiger partial charge is 0.327 e. The van der Waals surface area contributed by atoms with E-state index in [1.54, 1.807) is 0 Å². The Balaban J connectivity index is 0. The summed E-state index contributed by atoms with van der Waals surface area (Å²) in [6.45, 7) is 3.43. The molecule has 0 aliphatic heterocycles. The zero-order valence-electron chi connectivity index (χ0n) is 5.08. The number of carbonyl (C=O) groups is 1. The fourth-order valence-electron chi connectivity index (χ4n) is 0. The fraction of sp³-hybridized carbons (Fsp3) is 0.400. The van der Waals surface area contributed by atoms with Gasteiger partial charge in [0.15, 0.2) is 0 Å². The Labute approximate surface area is 53.6 Å². The van der Waals surface area contributed by atoms with Gasteiger partial charge in [0.25, 0.3) is 0 Å². The van der Waals surface area contributed by atoms with E-state index in [2.05, 4.69) is 6.58 Å². The first-order valence-corrected chi connectivity index (χ1v) is 2.35. The predicted octanol–water partition coefficient (Wildman–Crippen LogP) is -0.806. The number of rotatable bonds is 2. The lowest BCUT2D eigenvalue weighted by Crippen LogP contribution is -2.02. The molecule has 4 nitrogen and oxygen atoms in total. The van der Waals surface area contributed by atoms with E-state index in [1.807, 2.05) is 0 Å². The van der Waals surface area contributed by atoms with Crippen LogP contribution in [0.15, 0.2) is 12.7 Å². The summed E-state index contributed by atoms with van der Waals surface area (Å²) in [5, 5.41) is 15.4. The predicted molar refractivity (Wildman–Crippen MR) is 34.0 cm³/mol. The summed E-state index contributed by atoms with van der Waals surface area (Å²) in [4.78, 5) is 9.25. The standard InChI is InChI=1S/C3H4O2.C2H7NO/c1-2-3(4)5;3-1-2-4/h2H,1H2,(H,4,5);4H,1-3H2. The van der Waals surface area contributed by atoms with Gasteiger partial charge in [-0.1, -0.05) is 6.58 Å². The molecule has 0 aromatic heterocycles. The van der Waals surface area contributed by atoms with Crippen molar-refractivity contribution in [2.45, 2.75) is 0 Å². The van der Waals surface area contributed by atoms with E-state index in [0.717, 1.165) is 6.08 Å². The minimum absolute atomic E-state index is 0.0972. The molecule has 4 heteroatoms. The van der Waals surface area contributed by atoms with Crippen LogP contribution in [0.2, 0.25) is 0 Å². The topological polar surface area (TPSA) is 83.5 Å². The molecule has 0 aliphatic rings. The number of nitrogens with two attached hydrogens (primary N) is 1. The molecule has 9 heavy (non-hydrogen) atoms. The SMILES string of the molecule is C=CC(=O)O.NCCO. The third-order valence-electron chi connectivity index (χ3n) is 0.304. The molecule has 54 valence electrons. The molecule has 0 bridgehead atoms. The lowest BCUT2D eigenvalue weighted by Gasteiger charge is -1.71. The van der Waals surface area contributed by atoms with Crippen molar-refractivity contribution in [3.05, 3.63) is 12.7 Å². The van der Waals surface area contributed by atoms with Crippen LogP contribution in [-0.2, 0) is 4.79 Å². The molecular formula is C5H11NO3. The molecule has 0 aliphatic carbocycles. The first-order valence-electron chi connectivity index (χ1n) is 2.35. The Morgan fingerprint density at radius 2 is 2.00 bits per heavy atom. The van der Waals surface area contributed by atoms with Gasteiger partial charge in [0, 0.05) is 12.6 Å². The van der Waals surface area contributed by atoms with Gasteiger partial charge >= 0.3 is 5.97 Å². The third-order valence-corrected chi connectivity index (χ3v) is 0.304. The van der Waals surface area contributed by atoms with E-state index in [0.29, 0.717) is 6.54 Å². The average molecular weight is 133 g/mol. The number of aliphatic hydroxyl groups excluding tert-OH is 1. The summed E-state index contributed by atoms with van der Waals surface area (Å²) in [5.41, 5.74) is 4.78. The zero-order chi connectivity index (χ0) is 7.70. The molecule has 0 spiro atoms. The van der Waals surface area contributed by atoms with Crippen LogP contribution in [0.25, 0.3) is 0 Å². The normalized spacial score (nSPS) is 6.89. The first-order chi connectivity index (χ1) is 4.18. The third kappa shape index (κ3) is 41.4. The largest absolute Gasteiger partial charge is 0.478 e. The van der Waals surface area contributed by atoms with Crippen molar-refractivity contribution >= 4 is 5.97 Å². The van der Waals surface area contributed by atoms with Crippen molar-refractivity contribution < 1.29 is 15.0 Å². The summed E-state index contributed by atoms with van der Waals surface area (Å²) in [6, 6.07) is 0. The highest BCUT2D eigenvalue weighted by Crippen LogP contribution is 1.54. The number of aliphatic hydroxyl groups is 1. The van der Waals surface area contributed by atoms with Gasteiger partial charge in [0.1, 0.15) is 0 Å². The van der Waals surface area contributed by atoms with Crippen LogP contribution in [0.5, 0.6) is 0 Å². The lowest BCUT2D eigenvalue weighted by molar-refractivity contribution is -0.131. The average Bonchev–Trinajstić information content (AvgIpc) is 1.89. The molecule has 0 radical (unpaired) electrons. The van der Waals surface area contributed by atoms with Crippen molar-refractivity contribution in [2.75, 3.05) is 13.2 Å². The summed E-state index contributed by atoms with van der Waals surface area (Å²) < 4.78 is 0. The summed E-state index contributed by atoms with van der Waals surface area (Å²) in [7, 11) is 0. The van der Waals surface area contributed by atoms with Gasteiger partial charge in [-0.25, -0.2) is 4.79 Å². The quantitative estimate of drug-likeness (QED) is 0.430. The van der Waals surface area contributed by atoms with Crippen molar-refractivity contribution in [1.82, 2.24) is 0 Å². The van der Waals surface area contributed by atoms with Crippen LogP contribution in [0.3, 0.4) is 0 Å². The highest BCUT2D eigenvalue weighted by atomic mass is 16.4. The highest BCUT2D eigenvalue weighted by Gasteiger charge is 1.73. The Morgan fingerprint density at radius 3 is 2.00 bits per heavy atom. The van der Waals surface area contributed by atoms with Crippen molar-refractivity contribution in [3.63, 3.8) is 0 Å². The van der Waals surface area contributed by atoms with Crippen LogP contribution in [0.4, 0.5) is 0 Å². The van der Waals surface area contributed by atoms with Crippen molar-refractivity contribution in [1.29, 1.82) is 0 Å². The number of aliphatic carboxylic acids is 1. The number of hydrogen-bond acceptors (Lipinski definition) is 3. The van der Waals surface area contributed by atoms with Gasteiger partial charge < -0.3 is 15.9 Å². The van der Waals surface area contributed by atoms with Gasteiger partial charge in [-0.15, -0.1) is 0 Å². The van der Waals surface area contributed by atoms with E-state index in [1.165, 1.54) is 0 Å². The molecule has 0 amide bonds. The molecule has 0 atom stereocenters. The van der Waals surface area contributed by atoms with Gasteiger partial charge in [0.2, 0.25) is 0 Å². The molecular weight excluding hydrogens is 122 g/mol. The van der Waals surface area contributed by atoms with Crippen LogP contribution >= 0.6 is 0 Å². The molecule has 0 rings (SSSR count). The minimum atomic E-state index is -0.981. The Morgan fingerprint density at radius 1 is 1.78 bits per heavy atom. The summed E-state index contributed by atoms with van der Waals surface area (Å²) in [6.07, 6.45) is 0.833. The first kappa shape index (κ1) is 11.0. The lowest BCUT2D eigenvalue weighted by atomic mass is 10.7. The second kappa shape index (κ2) is 10.2. The molecule has 0 saturated carbocycles. The zero-order valence-corrected chi connectivity index (χ0v) is 5.08. The maximum atomic E-state index is 9.25. The summed E-state index contributed by atoms with van der Waals surface area (Å²) in [5.74, 6) is -0.981. The molecule has 0 saturated heterocycles. The van der Waals surface area contributed by atoms with E-state index >= 15 is 0 Å². The molecule has 0 aromatic carbocycles. The van der Waals surface area contributed by atoms with Gasteiger partial charge in [0.05, 0.1) is 6.61 Å². The van der Waals surface area contributed by atoms with E-state index < -0.39 is 5.97 Å². The minimum Gasteiger partial charge on any atom is -0.478 e. The van der Waals surface area contributed by atoms with E-state index in [4.69, 9.17) is 15.9 Å². The second-order valence-corrected chi connectivity index (χ2v) is 1.05. The maximum Gasteiger partial charge on any atom is 0.327 e. The molecule has 0 unspecified atom stereocenters. The molecule has 0 fully saturated rings. The highest BCUT2D eigenvalue weighted by molar-refractivity contribution is 5.78. The van der Waals surface area contributed by atoms with Gasteiger partial charge in [-0.2, -0.15) is 0 Å². The second-order valence-electron chi connectivity index (χ2n) is 1.05. The molecule has 4 N–H and O–H groups in total. The van der Waals surface area contributed by atoms with Crippen molar-refractivity contribution in [3.8, 4) is 0 Å². The van der Waals surface area contributed by atoms with Crippen LogP contribution < -0.4 is 5.73 Å². The number of carboxylic acid groups (broad SMARTS) is 1. The van der Waals surface area contributed by atoms with Gasteiger partial charge in [-0.05, 0) is 0 Å². The molecule has 0 aromatic rings. The molecule has 0 heterocycles. The van der Waals surface area contributed by atoms with Crippen molar-refractivity contribution in [2.24, 2.45) is 5.73 Å². The Hall–Kier alpha value is -0.870. The van der Waals surface area contributed by atoms with E-state index in [-0.39, 0.29) is 6.61 Å². The fourth-order valence-corrected chi connectivity index (χ4v) is 0. The van der Waals surface area contributed by atoms with Gasteiger partial charge in [-0.3, -0.25) is 0 Å². The van der Waals surface area contributed by atoms with Crippen LogP contribution in [0.1, 0.15) is 0 Å². The van der Waals surface area contributed by atoms with E-state index in [9.17, 15) is 4.79 Å². The number of carboxylic acids is 1. The maximum absolute atomic E-state index is 9.25. The number of hydrogen-bond donors (Lipinski definition) is 3. The monoisotopic (exact) mass is 133 g/mol.